The third-order valence-corrected chi connectivity index (χ3v) is 6.30. The lowest BCUT2D eigenvalue weighted by Gasteiger charge is -2.23. The third-order valence-electron chi connectivity index (χ3n) is 3.99. The van der Waals surface area contributed by atoms with Crippen LogP contribution < -0.4 is 0 Å². The smallest absolute Gasteiger partial charge is 0.410 e. The summed E-state index contributed by atoms with van der Waals surface area (Å²) in [6, 6.07) is -0.0796. The van der Waals surface area contributed by atoms with E-state index in [-0.39, 0.29) is 29.1 Å². The second kappa shape index (κ2) is 6.98. The van der Waals surface area contributed by atoms with Crippen molar-refractivity contribution >= 4 is 39.1 Å². The first-order valence-electron chi connectivity index (χ1n) is 7.64. The molecular weight excluding hydrogens is 346 g/mol. The van der Waals surface area contributed by atoms with Crippen molar-refractivity contribution in [3.63, 3.8) is 0 Å². The summed E-state index contributed by atoms with van der Waals surface area (Å²) in [7, 11) is 0. The number of hydrogen-bond donors (Lipinski definition) is 0. The van der Waals surface area contributed by atoms with Gasteiger partial charge < -0.3 is 4.74 Å². The number of aryl methyl sites for hydroxylation is 1. The van der Waals surface area contributed by atoms with Gasteiger partial charge in [0, 0.05) is 29.3 Å². The van der Waals surface area contributed by atoms with Crippen LogP contribution in [-0.4, -0.2) is 43.9 Å². The van der Waals surface area contributed by atoms with Gasteiger partial charge in [-0.1, -0.05) is 24.4 Å². The molecule has 0 bridgehead atoms. The van der Waals surface area contributed by atoms with Crippen LogP contribution in [0.4, 0.5) is 4.79 Å². The predicted molar refractivity (Wildman–Crippen MR) is 95.5 cm³/mol. The van der Waals surface area contributed by atoms with Gasteiger partial charge in [-0.2, -0.15) is 0 Å². The zero-order chi connectivity index (χ0) is 17.3. The zero-order valence-corrected chi connectivity index (χ0v) is 15.2. The Labute approximate surface area is 148 Å². The van der Waals surface area contributed by atoms with E-state index in [4.69, 9.17) is 4.74 Å². The van der Waals surface area contributed by atoms with Crippen LogP contribution in [0.1, 0.15) is 30.0 Å². The molecule has 0 spiro atoms. The number of thioether (sulfide) groups is 1. The monoisotopic (exact) mass is 365 g/mol. The van der Waals surface area contributed by atoms with Crippen molar-refractivity contribution in [3.8, 4) is 0 Å². The zero-order valence-electron chi connectivity index (χ0n) is 13.6. The quantitative estimate of drug-likeness (QED) is 0.777. The topological polar surface area (TPSA) is 63.9 Å². The molecule has 0 saturated carbocycles. The number of imidazole rings is 1. The Balaban J connectivity index is 1.90. The van der Waals surface area contributed by atoms with E-state index in [0.717, 1.165) is 21.8 Å². The number of carbonyl (C=O) groups excluding carboxylic acids is 2. The highest BCUT2D eigenvalue weighted by molar-refractivity contribution is 8.14. The van der Waals surface area contributed by atoms with Crippen LogP contribution in [0.2, 0.25) is 0 Å². The highest BCUT2D eigenvalue weighted by Crippen LogP contribution is 2.42. The maximum Gasteiger partial charge on any atom is 0.410 e. The fourth-order valence-corrected chi connectivity index (χ4v) is 5.22. The van der Waals surface area contributed by atoms with E-state index >= 15 is 0 Å². The minimum Gasteiger partial charge on any atom is -0.445 e. The highest BCUT2D eigenvalue weighted by Gasteiger charge is 2.39. The van der Waals surface area contributed by atoms with Crippen molar-refractivity contribution in [3.05, 3.63) is 35.8 Å². The Morgan fingerprint density at radius 3 is 3.04 bits per heavy atom. The minimum absolute atomic E-state index is 0.0697. The average molecular weight is 365 g/mol. The number of hydrogen-bond acceptors (Lipinski definition) is 6. The molecule has 0 unspecified atom stereocenters. The van der Waals surface area contributed by atoms with Crippen LogP contribution >= 0.6 is 23.1 Å². The van der Waals surface area contributed by atoms with E-state index in [2.05, 4.69) is 11.6 Å². The molecule has 1 aliphatic heterocycles. The van der Waals surface area contributed by atoms with E-state index in [1.165, 1.54) is 11.8 Å². The molecule has 0 radical (unpaired) electrons. The van der Waals surface area contributed by atoms with Crippen molar-refractivity contribution in [2.45, 2.75) is 31.6 Å². The van der Waals surface area contributed by atoms with Gasteiger partial charge in [-0.3, -0.25) is 14.1 Å². The molecule has 8 heteroatoms. The maximum absolute atomic E-state index is 12.4. The van der Waals surface area contributed by atoms with Gasteiger partial charge in [0.25, 0.3) is 0 Å². The number of carbonyl (C=O) groups is 2. The van der Waals surface area contributed by atoms with E-state index in [1.54, 1.807) is 35.6 Å². The SMILES string of the molecule is C=CCOC(=O)N1C[C@@H](SC(C)=O)C[C@H]1c1sc2cncn2c1C. The van der Waals surface area contributed by atoms with Gasteiger partial charge in [0.15, 0.2) is 5.12 Å². The first-order chi connectivity index (χ1) is 11.5. The normalized spacial score (nSPS) is 20.5. The van der Waals surface area contributed by atoms with Crippen LogP contribution in [0.25, 0.3) is 4.83 Å². The molecule has 0 aliphatic carbocycles. The van der Waals surface area contributed by atoms with Gasteiger partial charge >= 0.3 is 6.09 Å². The Morgan fingerprint density at radius 2 is 2.38 bits per heavy atom. The van der Waals surface area contributed by atoms with Crippen LogP contribution in [0.3, 0.4) is 0 Å². The first-order valence-corrected chi connectivity index (χ1v) is 9.33. The number of likely N-dealkylation sites (tertiary alicyclic amines) is 1. The summed E-state index contributed by atoms with van der Waals surface area (Å²) in [5, 5.41) is 0.156. The third kappa shape index (κ3) is 3.21. The summed E-state index contributed by atoms with van der Waals surface area (Å²) in [4.78, 5) is 31.9. The summed E-state index contributed by atoms with van der Waals surface area (Å²) in [5.74, 6) is 0. The van der Waals surface area contributed by atoms with E-state index < -0.39 is 0 Å². The maximum atomic E-state index is 12.4. The Hall–Kier alpha value is -1.80. The summed E-state index contributed by atoms with van der Waals surface area (Å²) in [5.41, 5.74) is 1.08. The average Bonchev–Trinajstić information content (AvgIpc) is 3.21. The summed E-state index contributed by atoms with van der Waals surface area (Å²) >= 11 is 2.93. The Morgan fingerprint density at radius 1 is 1.58 bits per heavy atom. The summed E-state index contributed by atoms with van der Waals surface area (Å²) < 4.78 is 7.26. The van der Waals surface area contributed by atoms with Gasteiger partial charge in [0.1, 0.15) is 17.8 Å². The van der Waals surface area contributed by atoms with Crippen LogP contribution in [0.15, 0.2) is 25.2 Å². The molecule has 1 amide bonds. The van der Waals surface area contributed by atoms with Crippen LogP contribution in [0, 0.1) is 6.92 Å². The van der Waals surface area contributed by atoms with Crippen LogP contribution in [-0.2, 0) is 9.53 Å². The summed E-state index contributed by atoms with van der Waals surface area (Å²) in [6.45, 7) is 7.85. The fraction of sp³-hybridized carbons (Fsp3) is 0.438. The lowest BCUT2D eigenvalue weighted by Crippen LogP contribution is -2.32. The molecule has 24 heavy (non-hydrogen) atoms. The Bertz CT molecular complexity index is 783. The molecule has 2 atom stereocenters. The largest absolute Gasteiger partial charge is 0.445 e. The predicted octanol–water partition coefficient (Wildman–Crippen LogP) is 3.42. The molecule has 128 valence electrons. The summed E-state index contributed by atoms with van der Waals surface area (Å²) in [6.07, 6.45) is 5.53. The number of nitrogens with zero attached hydrogens (tertiary/aromatic N) is 3. The lowest BCUT2D eigenvalue weighted by atomic mass is 10.1. The van der Waals surface area contributed by atoms with Crippen molar-refractivity contribution in [1.29, 1.82) is 0 Å². The second-order valence-electron chi connectivity index (χ2n) is 5.65. The van der Waals surface area contributed by atoms with Crippen LogP contribution in [0.5, 0.6) is 0 Å². The molecule has 1 saturated heterocycles. The molecule has 6 nitrogen and oxygen atoms in total. The molecule has 0 aromatic carbocycles. The van der Waals surface area contributed by atoms with Gasteiger partial charge in [0.05, 0.1) is 12.2 Å². The number of rotatable bonds is 4. The molecule has 2 aromatic heterocycles. The fourth-order valence-electron chi connectivity index (χ4n) is 3.01. The van der Waals surface area contributed by atoms with Crippen molar-refractivity contribution in [2.24, 2.45) is 0 Å². The molecule has 0 N–H and O–H groups in total. The number of amides is 1. The van der Waals surface area contributed by atoms with E-state index in [0.29, 0.717) is 6.54 Å². The molecule has 3 heterocycles. The molecule has 3 rings (SSSR count). The number of thiazole rings is 1. The molecule has 1 aliphatic rings. The second-order valence-corrected chi connectivity index (χ2v) is 8.19. The number of fused-ring (bicyclic) bond motifs is 1. The van der Waals surface area contributed by atoms with Gasteiger partial charge in [0.2, 0.25) is 0 Å². The molecule has 1 fully saturated rings. The first kappa shape index (κ1) is 17.0. The van der Waals surface area contributed by atoms with Gasteiger partial charge in [-0.25, -0.2) is 9.78 Å². The molecule has 2 aromatic rings. The number of aromatic nitrogens is 2. The number of ether oxygens (including phenoxy) is 1. The van der Waals surface area contributed by atoms with E-state index in [9.17, 15) is 9.59 Å². The molecular formula is C16H19N3O3S2. The standard InChI is InChI=1S/C16H19N3O3S2/c1-4-5-22-16(21)18-8-12(23-11(3)20)6-13(18)15-10(2)19-9-17-7-14(19)24-15/h4,7,9,12-13H,1,5-6,8H2,2-3H3/t12-,13-/m0/s1. The highest BCUT2D eigenvalue weighted by atomic mass is 32.2. The van der Waals surface area contributed by atoms with E-state index in [1.807, 2.05) is 17.5 Å². The van der Waals surface area contributed by atoms with Gasteiger partial charge in [-0.05, 0) is 13.3 Å². The lowest BCUT2D eigenvalue weighted by molar-refractivity contribution is -0.109. The van der Waals surface area contributed by atoms with Crippen molar-refractivity contribution in [1.82, 2.24) is 14.3 Å². The van der Waals surface area contributed by atoms with Crippen molar-refractivity contribution in [2.75, 3.05) is 13.2 Å². The Kier molecular flexibility index (Phi) is 4.96. The minimum atomic E-state index is -0.359. The van der Waals surface area contributed by atoms with Crippen molar-refractivity contribution < 1.29 is 14.3 Å². The van der Waals surface area contributed by atoms with Gasteiger partial charge in [-0.15, -0.1) is 11.3 Å².